The van der Waals surface area contributed by atoms with Gasteiger partial charge in [-0.3, -0.25) is 14.5 Å². The third-order valence-corrected chi connectivity index (χ3v) is 9.00. The van der Waals surface area contributed by atoms with Gasteiger partial charge in [-0.1, -0.05) is 57.9 Å². The topological polar surface area (TPSA) is 70.7 Å². The van der Waals surface area contributed by atoms with Crippen LogP contribution >= 0.6 is 0 Å². The summed E-state index contributed by atoms with van der Waals surface area (Å²) in [6.45, 7) is 25.3. The molecule has 0 spiro atoms. The van der Waals surface area contributed by atoms with Gasteiger partial charge in [0.1, 0.15) is 6.54 Å². The number of hydrogen-bond donors (Lipinski definition) is 2. The number of para-hydroxylation sites is 1. The molecule has 0 fully saturated rings. The molecule has 7 nitrogen and oxygen atoms in total. The Kier molecular flexibility index (Phi) is 16.1. The van der Waals surface area contributed by atoms with E-state index < -0.39 is 0 Å². The molecule has 0 bridgehead atoms. The lowest BCUT2D eigenvalue weighted by Crippen LogP contribution is -2.55. The predicted octanol–water partition coefficient (Wildman–Crippen LogP) is 7.26. The van der Waals surface area contributed by atoms with E-state index in [0.717, 1.165) is 96.4 Å². The zero-order chi connectivity index (χ0) is 32.7. The maximum absolute atomic E-state index is 13.5. The summed E-state index contributed by atoms with van der Waals surface area (Å²) in [4.78, 5) is 28.7. The molecule has 2 aromatic carbocycles. The first kappa shape index (κ1) is 37.4. The van der Waals surface area contributed by atoms with Gasteiger partial charge in [-0.2, -0.15) is 0 Å². The molecule has 0 saturated heterocycles. The van der Waals surface area contributed by atoms with E-state index in [1.54, 1.807) is 0 Å². The number of ether oxygens (including phenoxy) is 1. The van der Waals surface area contributed by atoms with Gasteiger partial charge in [0, 0.05) is 17.9 Å². The van der Waals surface area contributed by atoms with Crippen molar-refractivity contribution in [2.75, 3.05) is 69.7 Å². The fourth-order valence-electron chi connectivity index (χ4n) is 6.03. The van der Waals surface area contributed by atoms with Gasteiger partial charge in [-0.05, 0) is 101 Å². The molecule has 0 aromatic heterocycles. The Morgan fingerprint density at radius 3 is 1.91 bits per heavy atom. The average molecular weight is 610 g/mol. The van der Waals surface area contributed by atoms with Gasteiger partial charge in [-0.25, -0.2) is 0 Å². The van der Waals surface area contributed by atoms with Crippen LogP contribution in [-0.2, 0) is 14.3 Å². The first-order valence-electron chi connectivity index (χ1n) is 16.8. The molecule has 0 radical (unpaired) electrons. The lowest BCUT2D eigenvalue weighted by molar-refractivity contribution is -0.921. The summed E-state index contributed by atoms with van der Waals surface area (Å²) in [6, 6.07) is 8.26. The molecule has 0 aliphatic heterocycles. The van der Waals surface area contributed by atoms with E-state index in [4.69, 9.17) is 4.74 Å². The number of amides is 2. The third kappa shape index (κ3) is 11.6. The van der Waals surface area contributed by atoms with Crippen molar-refractivity contribution in [3.8, 4) is 0 Å². The van der Waals surface area contributed by atoms with Gasteiger partial charge in [0.05, 0.1) is 32.8 Å². The van der Waals surface area contributed by atoms with Gasteiger partial charge < -0.3 is 19.9 Å². The van der Waals surface area contributed by atoms with E-state index >= 15 is 0 Å². The summed E-state index contributed by atoms with van der Waals surface area (Å²) in [6.07, 6.45) is 5.30. The van der Waals surface area contributed by atoms with Crippen molar-refractivity contribution in [3.63, 3.8) is 0 Å². The molecular formula is C37H61N4O3+. The monoisotopic (exact) mass is 609 g/mol. The molecule has 0 heterocycles. The number of unbranched alkanes of at least 4 members (excludes halogenated alkanes) is 2. The summed E-state index contributed by atoms with van der Waals surface area (Å²) in [5, 5.41) is 6.42. The van der Waals surface area contributed by atoms with Crippen molar-refractivity contribution in [2.24, 2.45) is 0 Å². The maximum Gasteiger partial charge on any atom is 0.279 e. The second-order valence-electron chi connectivity index (χ2n) is 12.8. The van der Waals surface area contributed by atoms with Gasteiger partial charge in [0.2, 0.25) is 5.91 Å². The Morgan fingerprint density at radius 2 is 1.32 bits per heavy atom. The van der Waals surface area contributed by atoms with Crippen LogP contribution in [0.3, 0.4) is 0 Å². The normalized spacial score (nSPS) is 12.8. The largest absolute Gasteiger partial charge is 0.374 e. The number of hydrogen-bond acceptors (Lipinski definition) is 4. The fraction of sp³-hybridized carbons (Fsp3) is 0.622. The molecule has 0 aliphatic carbocycles. The minimum absolute atomic E-state index is 0.0111. The zero-order valence-corrected chi connectivity index (χ0v) is 29.3. The van der Waals surface area contributed by atoms with Crippen LogP contribution in [0.4, 0.5) is 11.4 Å². The first-order valence-corrected chi connectivity index (χ1v) is 16.8. The number of benzene rings is 2. The molecule has 2 amide bonds. The van der Waals surface area contributed by atoms with Gasteiger partial charge in [0.15, 0.2) is 6.54 Å². The number of carbonyl (C=O) groups is 2. The Labute approximate surface area is 268 Å². The minimum Gasteiger partial charge on any atom is -0.374 e. The predicted molar refractivity (Wildman–Crippen MR) is 186 cm³/mol. The van der Waals surface area contributed by atoms with Crippen LogP contribution in [0.15, 0.2) is 24.3 Å². The molecule has 7 heteroatoms. The smallest absolute Gasteiger partial charge is 0.279 e. The fourth-order valence-corrected chi connectivity index (χ4v) is 6.03. The van der Waals surface area contributed by atoms with Crippen molar-refractivity contribution in [1.29, 1.82) is 0 Å². The van der Waals surface area contributed by atoms with Crippen molar-refractivity contribution in [3.05, 3.63) is 57.6 Å². The van der Waals surface area contributed by atoms with E-state index in [9.17, 15) is 9.59 Å². The number of anilines is 2. The lowest BCUT2D eigenvalue weighted by Gasteiger charge is -2.38. The maximum atomic E-state index is 13.5. The Balaban J connectivity index is 2.01. The van der Waals surface area contributed by atoms with Crippen LogP contribution < -0.4 is 10.6 Å². The summed E-state index contributed by atoms with van der Waals surface area (Å²) in [7, 11) is 0. The van der Waals surface area contributed by atoms with Crippen LogP contribution in [0.2, 0.25) is 0 Å². The summed E-state index contributed by atoms with van der Waals surface area (Å²) in [5.41, 5.74) is 8.71. The summed E-state index contributed by atoms with van der Waals surface area (Å²) >= 11 is 0. The number of quaternary nitrogens is 1. The number of aryl methyl sites for hydroxylation is 4. The second kappa shape index (κ2) is 18.9. The van der Waals surface area contributed by atoms with Gasteiger partial charge >= 0.3 is 0 Å². The standard InChI is InChI=1S/C37H60N4O3/c1-10-13-18-40(26-34(42)38-36-28(4)16-15-17-29(36)5)19-23-44-24-22-41(20-12-3,21-14-11-2)27-35(43)39-37-32(8)30(6)25-31(7)33(37)9/h15-17,25H,10-14,18-24,26-27H2,1-9H3,(H-,38,39,42,43)/p+1. The highest BCUT2D eigenvalue weighted by molar-refractivity contribution is 5.94. The molecule has 1 unspecified atom stereocenters. The van der Waals surface area contributed by atoms with Crippen LogP contribution in [0.1, 0.15) is 86.3 Å². The molecule has 246 valence electrons. The van der Waals surface area contributed by atoms with E-state index in [0.29, 0.717) is 32.8 Å². The molecule has 0 saturated carbocycles. The first-order chi connectivity index (χ1) is 21.0. The molecule has 44 heavy (non-hydrogen) atoms. The summed E-state index contributed by atoms with van der Waals surface area (Å²) in [5.74, 6) is 0.0865. The number of nitrogens with zero attached hydrogens (tertiary/aromatic N) is 2. The highest BCUT2D eigenvalue weighted by Crippen LogP contribution is 2.27. The number of rotatable bonds is 20. The zero-order valence-electron chi connectivity index (χ0n) is 29.3. The molecule has 1 atom stereocenters. The highest BCUT2D eigenvalue weighted by atomic mass is 16.5. The quantitative estimate of drug-likeness (QED) is 0.122. The van der Waals surface area contributed by atoms with E-state index in [2.05, 4.69) is 70.1 Å². The van der Waals surface area contributed by atoms with Crippen molar-refractivity contribution in [2.45, 2.75) is 94.4 Å². The molecular weight excluding hydrogens is 548 g/mol. The Bertz CT molecular complexity index is 1170. The molecule has 2 rings (SSSR count). The van der Waals surface area contributed by atoms with Crippen LogP contribution in [0, 0.1) is 41.5 Å². The van der Waals surface area contributed by atoms with Crippen molar-refractivity contribution >= 4 is 23.2 Å². The number of nitrogens with one attached hydrogen (secondary N) is 2. The third-order valence-electron chi connectivity index (χ3n) is 9.00. The van der Waals surface area contributed by atoms with E-state index in [-0.39, 0.29) is 11.8 Å². The van der Waals surface area contributed by atoms with Crippen molar-refractivity contribution in [1.82, 2.24) is 4.90 Å². The minimum atomic E-state index is 0.0111. The van der Waals surface area contributed by atoms with Crippen LogP contribution in [0.5, 0.6) is 0 Å². The SMILES string of the molecule is CCCCN(CCOCC[N+](CCC)(CCCC)CC(=O)Nc1c(C)c(C)cc(C)c1C)CC(=O)Nc1c(C)cccc1C. The molecule has 2 N–H and O–H groups in total. The Hall–Kier alpha value is -2.74. The van der Waals surface area contributed by atoms with E-state index in [1.165, 1.54) is 11.1 Å². The van der Waals surface area contributed by atoms with Crippen LogP contribution in [0.25, 0.3) is 0 Å². The Morgan fingerprint density at radius 1 is 0.705 bits per heavy atom. The van der Waals surface area contributed by atoms with Gasteiger partial charge in [-0.15, -0.1) is 0 Å². The molecule has 0 aliphatic rings. The van der Waals surface area contributed by atoms with Crippen molar-refractivity contribution < 1.29 is 18.8 Å². The van der Waals surface area contributed by atoms with Gasteiger partial charge in [0.25, 0.3) is 5.91 Å². The number of carbonyl (C=O) groups excluding carboxylic acids is 2. The van der Waals surface area contributed by atoms with E-state index in [1.807, 2.05) is 32.0 Å². The molecule has 2 aromatic rings. The lowest BCUT2D eigenvalue weighted by atomic mass is 9.98. The summed E-state index contributed by atoms with van der Waals surface area (Å²) < 4.78 is 6.95. The second-order valence-corrected chi connectivity index (χ2v) is 12.8. The highest BCUT2D eigenvalue weighted by Gasteiger charge is 2.30. The van der Waals surface area contributed by atoms with Crippen LogP contribution in [-0.4, -0.2) is 80.2 Å². The average Bonchev–Trinajstić information content (AvgIpc) is 2.97.